The van der Waals surface area contributed by atoms with Crippen LogP contribution >= 0.6 is 11.6 Å². The summed E-state index contributed by atoms with van der Waals surface area (Å²) in [6, 6.07) is 8.80. The van der Waals surface area contributed by atoms with Crippen LogP contribution in [0.4, 0.5) is 18.9 Å². The van der Waals surface area contributed by atoms with Crippen molar-refractivity contribution in [2.24, 2.45) is 0 Å². The normalized spacial score (nSPS) is 15.0. The Balaban J connectivity index is 1.77. The maximum absolute atomic E-state index is 12.8. The minimum Gasteiger partial charge on any atom is -0.439 e. The fourth-order valence-corrected chi connectivity index (χ4v) is 2.71. The summed E-state index contributed by atoms with van der Waals surface area (Å²) in [5.74, 6) is 0.231. The van der Waals surface area contributed by atoms with Crippen LogP contribution in [0.2, 0.25) is 5.15 Å². The lowest BCUT2D eigenvalue weighted by molar-refractivity contribution is -0.137. The van der Waals surface area contributed by atoms with Gasteiger partial charge in [0.05, 0.1) is 5.56 Å². The topological polar surface area (TPSA) is 25.4 Å². The van der Waals surface area contributed by atoms with Crippen molar-refractivity contribution in [2.75, 3.05) is 18.0 Å². The van der Waals surface area contributed by atoms with Crippen molar-refractivity contribution in [2.45, 2.75) is 19.0 Å². The Morgan fingerprint density at radius 1 is 1.04 bits per heavy atom. The number of anilines is 1. The van der Waals surface area contributed by atoms with Gasteiger partial charge in [-0.3, -0.25) is 0 Å². The average molecular weight is 343 g/mol. The zero-order valence-electron chi connectivity index (χ0n) is 12.1. The Bertz CT molecular complexity index is 683. The highest BCUT2D eigenvalue weighted by Gasteiger charge is 2.31. The molecule has 0 unspecified atom stereocenters. The van der Waals surface area contributed by atoms with Gasteiger partial charge in [-0.15, -0.1) is 0 Å². The van der Waals surface area contributed by atoms with Gasteiger partial charge in [-0.05, 0) is 43.2 Å². The van der Waals surface area contributed by atoms with Gasteiger partial charge in [-0.25, -0.2) is 4.98 Å². The highest BCUT2D eigenvalue weighted by atomic mass is 35.5. The zero-order valence-corrected chi connectivity index (χ0v) is 12.9. The number of alkyl halides is 3. The lowest BCUT2D eigenvalue weighted by atomic mass is 10.2. The molecule has 3 rings (SSSR count). The van der Waals surface area contributed by atoms with E-state index in [9.17, 15) is 13.2 Å². The lowest BCUT2D eigenvalue weighted by Gasteiger charge is -2.17. The first-order chi connectivity index (χ1) is 10.9. The number of halogens is 4. The first kappa shape index (κ1) is 15.9. The maximum atomic E-state index is 12.8. The molecule has 0 atom stereocenters. The second-order valence-corrected chi connectivity index (χ2v) is 5.69. The quantitative estimate of drug-likeness (QED) is 0.722. The number of pyridine rings is 1. The molecule has 0 saturated carbocycles. The van der Waals surface area contributed by atoms with Gasteiger partial charge < -0.3 is 9.64 Å². The third kappa shape index (κ3) is 3.88. The molecule has 0 amide bonds. The molecule has 2 aromatic rings. The highest BCUT2D eigenvalue weighted by molar-refractivity contribution is 6.29. The predicted molar refractivity (Wildman–Crippen MR) is 82.2 cm³/mol. The summed E-state index contributed by atoms with van der Waals surface area (Å²) in [7, 11) is 0. The van der Waals surface area contributed by atoms with Crippen LogP contribution in [0, 0.1) is 0 Å². The highest BCUT2D eigenvalue weighted by Crippen LogP contribution is 2.34. The third-order valence-corrected chi connectivity index (χ3v) is 3.82. The van der Waals surface area contributed by atoms with Crippen LogP contribution in [0.1, 0.15) is 18.4 Å². The molecule has 0 bridgehead atoms. The minimum atomic E-state index is -4.50. The van der Waals surface area contributed by atoms with E-state index in [0.717, 1.165) is 30.9 Å². The van der Waals surface area contributed by atoms with E-state index >= 15 is 0 Å². The van der Waals surface area contributed by atoms with Crippen LogP contribution in [0.25, 0.3) is 0 Å². The Hall–Kier alpha value is -1.95. The van der Waals surface area contributed by atoms with Crippen LogP contribution < -0.4 is 9.64 Å². The van der Waals surface area contributed by atoms with E-state index in [1.165, 1.54) is 12.8 Å². The van der Waals surface area contributed by atoms with E-state index in [1.54, 1.807) is 12.1 Å². The largest absolute Gasteiger partial charge is 0.439 e. The van der Waals surface area contributed by atoms with Crippen LogP contribution in [0.3, 0.4) is 0 Å². The number of ether oxygens (including phenoxy) is 1. The molecule has 3 nitrogen and oxygen atoms in total. The molecule has 7 heteroatoms. The van der Waals surface area contributed by atoms with Crippen molar-refractivity contribution in [1.82, 2.24) is 4.98 Å². The van der Waals surface area contributed by atoms with Crippen molar-refractivity contribution in [3.63, 3.8) is 0 Å². The van der Waals surface area contributed by atoms with E-state index in [2.05, 4.69) is 9.88 Å². The number of benzene rings is 1. The number of hydrogen-bond acceptors (Lipinski definition) is 3. The standard InChI is InChI=1S/C16H14ClF3N2O/c17-14-9-11(16(18,19)20)10-15(21-14)23-13-5-3-12(4-6-13)22-7-1-2-8-22/h3-6,9-10H,1-2,7-8H2. The van der Waals surface area contributed by atoms with Gasteiger partial charge in [-0.1, -0.05) is 11.6 Å². The summed E-state index contributed by atoms with van der Waals surface area (Å²) in [4.78, 5) is 6.03. The first-order valence-corrected chi connectivity index (χ1v) is 7.57. The molecule has 0 spiro atoms. The number of hydrogen-bond donors (Lipinski definition) is 0. The van der Waals surface area contributed by atoms with Gasteiger partial charge >= 0.3 is 6.18 Å². The smallest absolute Gasteiger partial charge is 0.416 e. The molecule has 23 heavy (non-hydrogen) atoms. The molecule has 1 aliphatic rings. The third-order valence-electron chi connectivity index (χ3n) is 3.63. The van der Waals surface area contributed by atoms with Crippen LogP contribution in [0.5, 0.6) is 11.6 Å². The first-order valence-electron chi connectivity index (χ1n) is 7.19. The van der Waals surface area contributed by atoms with E-state index in [-0.39, 0.29) is 11.0 Å². The van der Waals surface area contributed by atoms with E-state index in [1.807, 2.05) is 12.1 Å². The van der Waals surface area contributed by atoms with Gasteiger partial charge in [0.1, 0.15) is 10.9 Å². The van der Waals surface area contributed by atoms with Gasteiger partial charge in [0.15, 0.2) is 0 Å². The molecule has 122 valence electrons. The zero-order chi connectivity index (χ0) is 16.4. The van der Waals surface area contributed by atoms with Crippen molar-refractivity contribution in [3.8, 4) is 11.6 Å². The Labute approximate surface area is 136 Å². The molecule has 0 aliphatic carbocycles. The van der Waals surface area contributed by atoms with Gasteiger partial charge in [-0.2, -0.15) is 13.2 Å². The molecule has 2 heterocycles. The fourth-order valence-electron chi connectivity index (χ4n) is 2.51. The summed E-state index contributed by atoms with van der Waals surface area (Å²) in [6.07, 6.45) is -2.15. The maximum Gasteiger partial charge on any atom is 0.416 e. The Morgan fingerprint density at radius 2 is 1.70 bits per heavy atom. The summed E-state index contributed by atoms with van der Waals surface area (Å²) in [5.41, 5.74) is 0.186. The van der Waals surface area contributed by atoms with Crippen molar-refractivity contribution in [1.29, 1.82) is 0 Å². The average Bonchev–Trinajstić information content (AvgIpc) is 3.01. The minimum absolute atomic E-state index is 0.182. The Kier molecular flexibility index (Phi) is 4.35. The molecule has 0 radical (unpaired) electrons. The summed E-state index contributed by atoms with van der Waals surface area (Å²) < 4.78 is 43.7. The summed E-state index contributed by atoms with van der Waals surface area (Å²) in [5, 5.41) is -0.261. The molecule has 0 N–H and O–H groups in total. The van der Waals surface area contributed by atoms with E-state index < -0.39 is 11.7 Å². The molecule has 1 fully saturated rings. The predicted octanol–water partition coefficient (Wildman–Crippen LogP) is 5.15. The molecule has 1 saturated heterocycles. The molecule has 1 aromatic carbocycles. The van der Waals surface area contributed by atoms with Gasteiger partial charge in [0.25, 0.3) is 0 Å². The molecular weight excluding hydrogens is 329 g/mol. The van der Waals surface area contributed by atoms with Gasteiger partial charge in [0, 0.05) is 24.8 Å². The fraction of sp³-hybridized carbons (Fsp3) is 0.312. The van der Waals surface area contributed by atoms with Crippen LogP contribution in [-0.4, -0.2) is 18.1 Å². The summed E-state index contributed by atoms with van der Waals surface area (Å²) in [6.45, 7) is 2.04. The number of aromatic nitrogens is 1. The van der Waals surface area contributed by atoms with Crippen molar-refractivity contribution < 1.29 is 17.9 Å². The SMILES string of the molecule is FC(F)(F)c1cc(Cl)nc(Oc2ccc(N3CCCC3)cc2)c1. The van der Waals surface area contributed by atoms with Gasteiger partial charge in [0.2, 0.25) is 5.88 Å². The Morgan fingerprint density at radius 3 is 2.30 bits per heavy atom. The lowest BCUT2D eigenvalue weighted by Crippen LogP contribution is -2.17. The van der Waals surface area contributed by atoms with E-state index in [4.69, 9.17) is 16.3 Å². The monoisotopic (exact) mass is 342 g/mol. The number of rotatable bonds is 3. The molecule has 1 aromatic heterocycles. The second-order valence-electron chi connectivity index (χ2n) is 5.30. The van der Waals surface area contributed by atoms with Crippen LogP contribution in [-0.2, 0) is 6.18 Å². The molecular formula is C16H14ClF3N2O. The summed E-state index contributed by atoms with van der Waals surface area (Å²) >= 11 is 5.64. The van der Waals surface area contributed by atoms with Crippen LogP contribution in [0.15, 0.2) is 36.4 Å². The van der Waals surface area contributed by atoms with Crippen molar-refractivity contribution in [3.05, 3.63) is 47.1 Å². The number of nitrogens with zero attached hydrogens (tertiary/aromatic N) is 2. The van der Waals surface area contributed by atoms with Crippen molar-refractivity contribution >= 4 is 17.3 Å². The second kappa shape index (κ2) is 6.28. The molecule has 1 aliphatic heterocycles. The van der Waals surface area contributed by atoms with E-state index in [0.29, 0.717) is 5.75 Å².